The Morgan fingerprint density at radius 3 is 2.35 bits per heavy atom. The van der Waals surface area contributed by atoms with Gasteiger partial charge in [0.2, 0.25) is 5.91 Å². The first kappa shape index (κ1) is 22.5. The van der Waals surface area contributed by atoms with Crippen molar-refractivity contribution >= 4 is 23.5 Å². The van der Waals surface area contributed by atoms with Gasteiger partial charge in [0.15, 0.2) is 0 Å². The zero-order chi connectivity index (χ0) is 22.2. The Bertz CT molecular complexity index is 908. The van der Waals surface area contributed by atoms with Gasteiger partial charge in [0, 0.05) is 0 Å². The second-order valence-corrected chi connectivity index (χ2v) is 7.77. The molecule has 1 fully saturated rings. The van der Waals surface area contributed by atoms with Crippen LogP contribution < -0.4 is 10.6 Å². The number of likely N-dealkylation sites (tertiary alicyclic amines) is 1. The minimum Gasteiger partial charge on any atom is -0.469 e. The Labute approximate surface area is 182 Å². The van der Waals surface area contributed by atoms with Crippen LogP contribution in [0.15, 0.2) is 54.6 Å². The van der Waals surface area contributed by atoms with Gasteiger partial charge in [0.05, 0.1) is 36.9 Å². The number of carbonyl (C=O) groups is 3. The van der Waals surface area contributed by atoms with E-state index in [0.29, 0.717) is 37.2 Å². The van der Waals surface area contributed by atoms with E-state index in [9.17, 15) is 14.4 Å². The summed E-state index contributed by atoms with van der Waals surface area (Å²) in [6.07, 6.45) is 1.35. The number of methoxy groups -OCH3 is 1. The molecule has 0 bridgehead atoms. The third-order valence-corrected chi connectivity index (χ3v) is 5.58. The third-order valence-electron chi connectivity index (χ3n) is 5.58. The first-order valence-corrected chi connectivity index (χ1v) is 10.5. The van der Waals surface area contributed by atoms with Gasteiger partial charge >= 0.3 is 5.97 Å². The van der Waals surface area contributed by atoms with Gasteiger partial charge in [-0.1, -0.05) is 42.5 Å². The molecule has 3 rings (SSSR count). The maximum atomic E-state index is 12.8. The summed E-state index contributed by atoms with van der Waals surface area (Å²) in [5.41, 5.74) is 1.91. The van der Waals surface area contributed by atoms with Gasteiger partial charge in [-0.15, -0.1) is 0 Å². The number of nitrogens with one attached hydrogen (secondary N) is 2. The van der Waals surface area contributed by atoms with Gasteiger partial charge in [-0.2, -0.15) is 0 Å². The summed E-state index contributed by atoms with van der Waals surface area (Å²) in [6, 6.07) is 16.5. The Morgan fingerprint density at radius 1 is 1.03 bits per heavy atom. The molecule has 2 N–H and O–H groups in total. The van der Waals surface area contributed by atoms with E-state index in [2.05, 4.69) is 10.6 Å². The minimum absolute atomic E-state index is 0.0969. The number of ether oxygens (including phenoxy) is 1. The largest absolute Gasteiger partial charge is 0.469 e. The molecule has 1 aliphatic rings. The fraction of sp³-hybridized carbons (Fsp3) is 0.375. The number of anilines is 1. The lowest BCUT2D eigenvalue weighted by Gasteiger charge is -2.30. The Balaban J connectivity index is 1.57. The highest BCUT2D eigenvalue weighted by molar-refractivity contribution is 6.04. The van der Waals surface area contributed by atoms with Crippen molar-refractivity contribution < 1.29 is 19.1 Å². The monoisotopic (exact) mass is 423 g/mol. The minimum atomic E-state index is -0.244. The fourth-order valence-electron chi connectivity index (χ4n) is 3.78. The lowest BCUT2D eigenvalue weighted by atomic mass is 9.97. The normalized spacial score (nSPS) is 15.7. The van der Waals surface area contributed by atoms with E-state index in [0.717, 1.165) is 5.56 Å². The molecule has 0 aromatic heterocycles. The topological polar surface area (TPSA) is 87.7 Å². The van der Waals surface area contributed by atoms with E-state index >= 15 is 0 Å². The van der Waals surface area contributed by atoms with Gasteiger partial charge in [0.25, 0.3) is 5.91 Å². The molecule has 0 unspecified atom stereocenters. The molecule has 31 heavy (non-hydrogen) atoms. The molecule has 0 spiro atoms. The lowest BCUT2D eigenvalue weighted by molar-refractivity contribution is -0.147. The second-order valence-electron chi connectivity index (χ2n) is 7.77. The zero-order valence-electron chi connectivity index (χ0n) is 18.0. The van der Waals surface area contributed by atoms with Crippen LogP contribution in [0.3, 0.4) is 0 Å². The number of carbonyl (C=O) groups excluding carboxylic acids is 3. The van der Waals surface area contributed by atoms with Crippen LogP contribution in [0, 0.1) is 5.92 Å². The van der Waals surface area contributed by atoms with Gasteiger partial charge in [-0.3, -0.25) is 19.3 Å². The summed E-state index contributed by atoms with van der Waals surface area (Å²) in [4.78, 5) is 39.1. The van der Waals surface area contributed by atoms with Crippen LogP contribution in [0.1, 0.15) is 41.7 Å². The van der Waals surface area contributed by atoms with Crippen molar-refractivity contribution in [3.63, 3.8) is 0 Å². The van der Waals surface area contributed by atoms with Crippen molar-refractivity contribution in [1.29, 1.82) is 0 Å². The van der Waals surface area contributed by atoms with Crippen LogP contribution in [-0.2, 0) is 14.3 Å². The molecule has 1 heterocycles. The average Bonchev–Trinajstić information content (AvgIpc) is 2.79. The summed E-state index contributed by atoms with van der Waals surface area (Å²) >= 11 is 0. The Morgan fingerprint density at radius 2 is 1.68 bits per heavy atom. The number of amides is 2. The molecular weight excluding hydrogens is 394 g/mol. The fourth-order valence-corrected chi connectivity index (χ4v) is 3.78. The smallest absolute Gasteiger partial charge is 0.308 e. The molecule has 1 aliphatic heterocycles. The molecule has 1 atom stereocenters. The van der Waals surface area contributed by atoms with E-state index < -0.39 is 0 Å². The molecule has 2 aromatic rings. The average molecular weight is 424 g/mol. The number of benzene rings is 2. The van der Waals surface area contributed by atoms with Crippen molar-refractivity contribution in [3.8, 4) is 0 Å². The van der Waals surface area contributed by atoms with Crippen molar-refractivity contribution in [2.75, 3.05) is 32.1 Å². The Kier molecular flexibility index (Phi) is 7.78. The number of hydrogen-bond acceptors (Lipinski definition) is 5. The molecule has 0 radical (unpaired) electrons. The first-order valence-electron chi connectivity index (χ1n) is 10.5. The van der Waals surface area contributed by atoms with Crippen LogP contribution in [-0.4, -0.2) is 49.4 Å². The highest BCUT2D eigenvalue weighted by Gasteiger charge is 2.26. The zero-order valence-corrected chi connectivity index (χ0v) is 18.0. The second kappa shape index (κ2) is 10.7. The molecule has 0 aliphatic carbocycles. The van der Waals surface area contributed by atoms with E-state index in [4.69, 9.17) is 4.74 Å². The lowest BCUT2D eigenvalue weighted by Crippen LogP contribution is -2.41. The van der Waals surface area contributed by atoms with Gasteiger partial charge in [-0.25, -0.2) is 0 Å². The van der Waals surface area contributed by atoms with E-state index in [-0.39, 0.29) is 36.3 Å². The maximum Gasteiger partial charge on any atom is 0.308 e. The summed E-state index contributed by atoms with van der Waals surface area (Å²) in [5.74, 6) is -0.715. The van der Waals surface area contributed by atoms with Crippen molar-refractivity contribution in [3.05, 3.63) is 65.7 Å². The maximum absolute atomic E-state index is 12.8. The highest BCUT2D eigenvalue weighted by Crippen LogP contribution is 2.20. The van der Waals surface area contributed by atoms with Crippen LogP contribution >= 0.6 is 0 Å². The SMILES string of the molecule is COC(=O)C1CCN(CC(=O)Nc2ccccc2C(=O)N[C@@H](C)c2ccccc2)CC1. The number of nitrogens with zero attached hydrogens (tertiary/aromatic N) is 1. The van der Waals surface area contributed by atoms with Crippen LogP contribution in [0.4, 0.5) is 5.69 Å². The quantitative estimate of drug-likeness (QED) is 0.669. The molecule has 1 saturated heterocycles. The summed E-state index contributed by atoms with van der Waals surface area (Å²) in [5, 5.41) is 5.85. The Hall–Kier alpha value is -3.19. The first-order chi connectivity index (χ1) is 15.0. The number of para-hydroxylation sites is 1. The van der Waals surface area contributed by atoms with Crippen LogP contribution in [0.25, 0.3) is 0 Å². The van der Waals surface area contributed by atoms with Gasteiger partial charge in [0.1, 0.15) is 0 Å². The molecule has 7 nitrogen and oxygen atoms in total. The van der Waals surface area contributed by atoms with E-state index in [1.807, 2.05) is 42.2 Å². The van der Waals surface area contributed by atoms with E-state index in [1.54, 1.807) is 24.3 Å². The summed E-state index contributed by atoms with van der Waals surface area (Å²) in [7, 11) is 1.40. The predicted octanol–water partition coefficient (Wildman–Crippen LogP) is 3.00. The number of piperidine rings is 1. The summed E-state index contributed by atoms with van der Waals surface area (Å²) < 4.78 is 4.80. The summed E-state index contributed by atoms with van der Waals surface area (Å²) in [6.45, 7) is 3.45. The molecular formula is C24H29N3O4. The van der Waals surface area contributed by atoms with E-state index in [1.165, 1.54) is 7.11 Å². The van der Waals surface area contributed by atoms with Crippen LogP contribution in [0.2, 0.25) is 0 Å². The van der Waals surface area contributed by atoms with Crippen molar-refractivity contribution in [2.45, 2.75) is 25.8 Å². The molecule has 2 amide bonds. The van der Waals surface area contributed by atoms with Crippen LogP contribution in [0.5, 0.6) is 0 Å². The molecule has 164 valence electrons. The molecule has 2 aromatic carbocycles. The van der Waals surface area contributed by atoms with Crippen molar-refractivity contribution in [1.82, 2.24) is 10.2 Å². The predicted molar refractivity (Wildman–Crippen MR) is 119 cm³/mol. The number of rotatable bonds is 7. The van der Waals surface area contributed by atoms with Crippen molar-refractivity contribution in [2.24, 2.45) is 5.92 Å². The van der Waals surface area contributed by atoms with Gasteiger partial charge in [-0.05, 0) is 50.6 Å². The molecule has 0 saturated carbocycles. The number of esters is 1. The highest BCUT2D eigenvalue weighted by atomic mass is 16.5. The number of hydrogen-bond donors (Lipinski definition) is 2. The third kappa shape index (κ3) is 6.15. The van der Waals surface area contributed by atoms with Gasteiger partial charge < -0.3 is 15.4 Å². The molecule has 7 heteroatoms. The standard InChI is InChI=1S/C24H29N3O4/c1-17(18-8-4-3-5-9-18)25-23(29)20-10-6-7-11-21(20)26-22(28)16-27-14-12-19(13-15-27)24(30)31-2/h3-11,17,19H,12-16H2,1-2H3,(H,25,29)(H,26,28)/t17-/m0/s1.